The van der Waals surface area contributed by atoms with Crippen molar-refractivity contribution in [3.8, 4) is 0 Å². The van der Waals surface area contributed by atoms with E-state index in [1.165, 1.54) is 12.2 Å². The molecule has 13 rings (SSSR count). The van der Waals surface area contributed by atoms with Gasteiger partial charge in [-0.25, -0.2) is 0 Å². The van der Waals surface area contributed by atoms with E-state index in [0.717, 1.165) is 48.2 Å². The van der Waals surface area contributed by atoms with Gasteiger partial charge in [0.2, 0.25) is 35.4 Å². The number of Topliss-reactive ketones (excluding diaryl/α,β-unsaturated/α-hetero) is 1. The van der Waals surface area contributed by atoms with Crippen LogP contribution in [0.1, 0.15) is 115 Å². The van der Waals surface area contributed by atoms with Crippen LogP contribution in [0.15, 0.2) is 66.8 Å². The Kier molecular flexibility index (Phi) is 22.9. The van der Waals surface area contributed by atoms with E-state index in [1.807, 2.05) is 4.90 Å². The predicted octanol–water partition coefficient (Wildman–Crippen LogP) is 0.911. The first-order valence-electron chi connectivity index (χ1n) is 35.1. The van der Waals surface area contributed by atoms with E-state index < -0.39 is 104 Å². The van der Waals surface area contributed by atoms with E-state index in [-0.39, 0.29) is 142 Å². The predicted molar refractivity (Wildman–Crippen MR) is 344 cm³/mol. The first-order valence-corrected chi connectivity index (χ1v) is 35.1. The number of ketones is 1. The standard InChI is InChI=1S/C70H96N8O19/c1-39-27-45-12-14-50-40(2)28-47(90-50)18-20-70-34-55-65(96-70)66-67(95-55)68(97-70)64-51(94-66)15-13-46(92-64)30-43(79)31-48-53(33-52(91-45)41(39)3)93-54(63(48)89-4)32-44(80)35-71-58(83)37-74-69(88)49(29-42-9-6-5-7-10-42)75-59(84)38-73-57(82)36-72-56(81)19-22-76-23-25-77(26-24-76)60(85)11-8-21-78-61(86)16-17-62(78)87/h5-7,9-10,16-17,39,44-55,63-68,80H,2-3,8,11-15,18-38H2,1,4H3,(H,71,83)(H,72,81)(H,73,82)(H,74,88)(H,75,84)/t39-,44+,45+,46-,47+,48+,49+,50+,51+,52-,53+,54-,55-,63-,64+,65+,66?,67?,68+,70+/m1/s1. The summed E-state index contributed by atoms with van der Waals surface area (Å²) in [6, 6.07) is 7.75. The van der Waals surface area contributed by atoms with Crippen molar-refractivity contribution in [3.63, 3.8) is 0 Å². The maximum atomic E-state index is 14.6. The second-order valence-corrected chi connectivity index (χ2v) is 28.3. The van der Waals surface area contributed by atoms with E-state index in [4.69, 9.17) is 42.6 Å². The molecule has 27 heteroatoms. The maximum Gasteiger partial charge on any atom is 0.253 e. The van der Waals surface area contributed by atoms with Crippen molar-refractivity contribution in [2.45, 2.75) is 226 Å². The second-order valence-electron chi connectivity index (χ2n) is 28.3. The van der Waals surface area contributed by atoms with Gasteiger partial charge in [-0.3, -0.25) is 53.0 Å². The fourth-order valence-corrected chi connectivity index (χ4v) is 16.3. The molecule has 0 aliphatic carbocycles. The molecule has 11 fully saturated rings. The zero-order valence-corrected chi connectivity index (χ0v) is 55.7. The normalized spacial score (nSPS) is 35.4. The summed E-state index contributed by atoms with van der Waals surface area (Å²) < 4.78 is 60.8. The highest BCUT2D eigenvalue weighted by atomic mass is 16.8. The number of hydrogen-bond acceptors (Lipinski definition) is 20. The Morgan fingerprint density at radius 1 is 0.670 bits per heavy atom. The van der Waals surface area contributed by atoms with Crippen molar-refractivity contribution in [1.29, 1.82) is 0 Å². The Morgan fingerprint density at radius 2 is 1.36 bits per heavy atom. The molecule has 20 atom stereocenters. The summed E-state index contributed by atoms with van der Waals surface area (Å²) in [6.45, 7) is 12.1. The highest BCUT2D eigenvalue weighted by Gasteiger charge is 2.69. The van der Waals surface area contributed by atoms with Gasteiger partial charge in [0.15, 0.2) is 5.79 Å². The molecule has 530 valence electrons. The molecule has 8 amide bonds. The van der Waals surface area contributed by atoms with Gasteiger partial charge in [0, 0.05) is 129 Å². The van der Waals surface area contributed by atoms with Crippen LogP contribution in [0, 0.1) is 11.8 Å². The quantitative estimate of drug-likeness (QED) is 0.0694. The van der Waals surface area contributed by atoms with Crippen LogP contribution in [-0.2, 0) is 92.2 Å². The number of aliphatic hydroxyl groups is 1. The van der Waals surface area contributed by atoms with E-state index in [0.29, 0.717) is 76.8 Å². The third kappa shape index (κ3) is 17.1. The summed E-state index contributed by atoms with van der Waals surface area (Å²) in [5, 5.41) is 24.6. The zero-order chi connectivity index (χ0) is 68.1. The minimum absolute atomic E-state index is 0.0195. The summed E-state index contributed by atoms with van der Waals surface area (Å²) in [5.41, 5.74) is 2.73. The number of amides is 8. The van der Waals surface area contributed by atoms with Gasteiger partial charge < -0.3 is 79.2 Å². The molecule has 12 aliphatic rings. The monoisotopic (exact) mass is 1350 g/mol. The minimum atomic E-state index is -1.16. The summed E-state index contributed by atoms with van der Waals surface area (Å²) in [7, 11) is 1.57. The molecule has 6 N–H and O–H groups in total. The lowest BCUT2D eigenvalue weighted by molar-refractivity contribution is -0.292. The smallest absolute Gasteiger partial charge is 0.253 e. The highest BCUT2D eigenvalue weighted by Crippen LogP contribution is 2.54. The van der Waals surface area contributed by atoms with Crippen LogP contribution in [-0.4, -0.2) is 255 Å². The van der Waals surface area contributed by atoms with Crippen molar-refractivity contribution in [2.75, 3.05) is 72.6 Å². The maximum absolute atomic E-state index is 14.6. The van der Waals surface area contributed by atoms with Gasteiger partial charge in [-0.2, -0.15) is 0 Å². The highest BCUT2D eigenvalue weighted by molar-refractivity contribution is 6.12. The van der Waals surface area contributed by atoms with Crippen LogP contribution in [0.5, 0.6) is 0 Å². The van der Waals surface area contributed by atoms with E-state index in [2.05, 4.69) is 46.7 Å². The summed E-state index contributed by atoms with van der Waals surface area (Å²) in [6.07, 6.45) is 4.02. The van der Waals surface area contributed by atoms with Crippen LogP contribution < -0.4 is 26.6 Å². The number of benzene rings is 1. The minimum Gasteiger partial charge on any atom is -0.391 e. The molecular formula is C70H96N8O19. The Labute approximate surface area is 565 Å². The number of nitrogens with zero attached hydrogens (tertiary/aromatic N) is 3. The molecule has 12 aliphatic heterocycles. The third-order valence-corrected chi connectivity index (χ3v) is 21.5. The molecule has 1 spiro atoms. The number of nitrogens with one attached hydrogen (secondary N) is 5. The molecule has 12 bridgehead atoms. The van der Waals surface area contributed by atoms with Gasteiger partial charge in [0.05, 0.1) is 86.8 Å². The Balaban J connectivity index is 0.605. The molecule has 11 saturated heterocycles. The molecule has 0 saturated carbocycles. The topological polar surface area (TPSA) is 327 Å². The number of piperazine rings is 1. The van der Waals surface area contributed by atoms with Gasteiger partial charge in [-0.15, -0.1) is 0 Å². The first-order chi connectivity index (χ1) is 46.7. The van der Waals surface area contributed by atoms with Crippen LogP contribution >= 0.6 is 0 Å². The largest absolute Gasteiger partial charge is 0.391 e. The molecule has 97 heavy (non-hydrogen) atoms. The lowest BCUT2D eigenvalue weighted by Gasteiger charge is -2.47. The number of methoxy groups -OCH3 is 1. The lowest BCUT2D eigenvalue weighted by atomic mass is 9.81. The fraction of sp³-hybridized carbons (Fsp3) is 0.700. The van der Waals surface area contributed by atoms with Crippen molar-refractivity contribution >= 4 is 53.0 Å². The number of fused-ring (bicyclic) bond motifs is 6. The molecule has 27 nitrogen and oxygen atoms in total. The van der Waals surface area contributed by atoms with Crippen molar-refractivity contribution in [1.82, 2.24) is 41.3 Å². The number of rotatable bonds is 22. The molecule has 1 aromatic carbocycles. The fourth-order valence-electron chi connectivity index (χ4n) is 16.3. The number of imide groups is 1. The number of aliphatic hydroxyl groups excluding tert-OH is 1. The van der Waals surface area contributed by atoms with E-state index in [1.54, 1.807) is 42.3 Å². The Morgan fingerprint density at radius 3 is 2.14 bits per heavy atom. The molecule has 0 radical (unpaired) electrons. The first kappa shape index (κ1) is 70.5. The van der Waals surface area contributed by atoms with Crippen LogP contribution in [0.2, 0.25) is 0 Å². The zero-order valence-electron chi connectivity index (χ0n) is 55.7. The lowest BCUT2D eigenvalue weighted by Crippen LogP contribution is -2.61. The summed E-state index contributed by atoms with van der Waals surface area (Å²) in [5.74, 6) is -5.03. The summed E-state index contributed by atoms with van der Waals surface area (Å²) >= 11 is 0. The molecule has 0 aromatic heterocycles. The van der Waals surface area contributed by atoms with Gasteiger partial charge >= 0.3 is 0 Å². The molecule has 2 unspecified atom stereocenters. The van der Waals surface area contributed by atoms with Crippen molar-refractivity contribution in [3.05, 3.63) is 72.4 Å². The second kappa shape index (κ2) is 31.4. The number of ether oxygens (including phenoxy) is 9. The van der Waals surface area contributed by atoms with Crippen LogP contribution in [0.3, 0.4) is 0 Å². The van der Waals surface area contributed by atoms with Gasteiger partial charge in [0.1, 0.15) is 42.3 Å². The average Bonchev–Trinajstić information content (AvgIpc) is 1.55. The van der Waals surface area contributed by atoms with Crippen molar-refractivity contribution in [2.24, 2.45) is 11.8 Å². The number of carbonyl (C=O) groups excluding carboxylic acids is 9. The number of hydrogen-bond donors (Lipinski definition) is 6. The molecular weight excluding hydrogens is 1260 g/mol. The molecule has 12 heterocycles. The third-order valence-electron chi connectivity index (χ3n) is 21.5. The Bertz CT molecular complexity index is 3110. The van der Waals surface area contributed by atoms with Crippen molar-refractivity contribution < 1.29 is 90.9 Å². The average molecular weight is 1350 g/mol. The van der Waals surface area contributed by atoms with Crippen LogP contribution in [0.4, 0.5) is 0 Å². The van der Waals surface area contributed by atoms with Gasteiger partial charge in [0.25, 0.3) is 11.8 Å². The molecule has 1 aromatic rings. The Hall–Kier alpha value is -6.37. The van der Waals surface area contributed by atoms with Gasteiger partial charge in [-0.05, 0) is 74.0 Å². The SMILES string of the molecule is C=C1C[C@@H]2CC[C@@]34C[C@H]5OC6C(O[C@H]7CC[C@H](CC(=O)C[C@@H]8[C@@H](OC)[C@@H](C[C@H](O)CNC(=O)CNC(=O)[C@H](Cc9ccccc9)NC(=O)CNC(=O)CNC(=O)CCN9CCN(C(=O)CCCN%10C(=O)C=CC%10=O)CC9)O[C@H]8C[C@H]8O[C@@H](CC[C@@H]1O2)C[C@@H](C)C8=C)O[C@@H]7[C@@H]6O3)[C@H]5O4. The van der Waals surface area contributed by atoms with E-state index in [9.17, 15) is 48.3 Å². The van der Waals surface area contributed by atoms with Gasteiger partial charge in [-0.1, -0.05) is 50.4 Å². The summed E-state index contributed by atoms with van der Waals surface area (Å²) in [4.78, 5) is 122. The number of carbonyl (C=O) groups is 9. The van der Waals surface area contributed by atoms with E-state index >= 15 is 0 Å². The van der Waals surface area contributed by atoms with Crippen LogP contribution in [0.25, 0.3) is 0 Å².